The van der Waals surface area contributed by atoms with Crippen molar-refractivity contribution in [1.29, 1.82) is 0 Å². The summed E-state index contributed by atoms with van der Waals surface area (Å²) in [4.78, 5) is 22.4. The first kappa shape index (κ1) is 17.6. The van der Waals surface area contributed by atoms with Gasteiger partial charge >= 0.3 is 0 Å². The number of nitro groups is 1. The van der Waals surface area contributed by atoms with Crippen molar-refractivity contribution in [3.63, 3.8) is 0 Å². The van der Waals surface area contributed by atoms with Gasteiger partial charge in [0.25, 0.3) is 11.6 Å². The lowest BCUT2D eigenvalue weighted by atomic mass is 10.2. The Morgan fingerprint density at radius 1 is 1.25 bits per heavy atom. The molecule has 2 aromatic rings. The van der Waals surface area contributed by atoms with Gasteiger partial charge in [0.05, 0.1) is 12.0 Å². The van der Waals surface area contributed by atoms with E-state index in [9.17, 15) is 14.9 Å². The number of carbonyl (C=O) groups is 1. The quantitative estimate of drug-likeness (QED) is 0.634. The van der Waals surface area contributed by atoms with Crippen molar-refractivity contribution in [3.8, 4) is 11.5 Å². The number of nitrogens with zero attached hydrogens (tertiary/aromatic N) is 1. The summed E-state index contributed by atoms with van der Waals surface area (Å²) in [6, 6.07) is 10.9. The lowest BCUT2D eigenvalue weighted by molar-refractivity contribution is -0.384. The zero-order valence-electron chi connectivity index (χ0n) is 13.0. The Bertz CT molecular complexity index is 766. The molecule has 1 amide bonds. The number of nitrogens with one attached hydrogen (secondary N) is 1. The van der Waals surface area contributed by atoms with E-state index in [0.29, 0.717) is 11.5 Å². The standard InChI is InChI=1S/C16H15ClN2O5/c1-10(24-13-5-3-4-12(9-13)23-2)16(20)18-11-6-7-14(17)15(8-11)19(21)22/h3-10H,1-2H3,(H,18,20). The summed E-state index contributed by atoms with van der Waals surface area (Å²) in [6.45, 7) is 1.57. The van der Waals surface area contributed by atoms with Crippen molar-refractivity contribution in [3.05, 3.63) is 57.6 Å². The van der Waals surface area contributed by atoms with Gasteiger partial charge in [0.15, 0.2) is 6.10 Å². The van der Waals surface area contributed by atoms with Crippen LogP contribution in [0.25, 0.3) is 0 Å². The van der Waals surface area contributed by atoms with E-state index < -0.39 is 16.9 Å². The van der Waals surface area contributed by atoms with Gasteiger partial charge in [0, 0.05) is 17.8 Å². The van der Waals surface area contributed by atoms with Crippen LogP contribution in [-0.4, -0.2) is 24.0 Å². The Labute approximate surface area is 143 Å². The van der Waals surface area contributed by atoms with E-state index in [1.165, 1.54) is 25.3 Å². The number of carbonyl (C=O) groups excluding carboxylic acids is 1. The van der Waals surface area contributed by atoms with Crippen LogP contribution < -0.4 is 14.8 Å². The van der Waals surface area contributed by atoms with Crippen molar-refractivity contribution in [1.82, 2.24) is 0 Å². The van der Waals surface area contributed by atoms with E-state index in [2.05, 4.69) is 5.32 Å². The molecule has 0 saturated carbocycles. The molecule has 0 aliphatic heterocycles. The number of hydrogen-bond acceptors (Lipinski definition) is 5. The predicted octanol–water partition coefficient (Wildman–Crippen LogP) is 3.66. The molecular weight excluding hydrogens is 336 g/mol. The first-order valence-corrected chi connectivity index (χ1v) is 7.34. The molecule has 7 nitrogen and oxygen atoms in total. The number of amides is 1. The van der Waals surface area contributed by atoms with Gasteiger partial charge in [-0.2, -0.15) is 0 Å². The first-order valence-electron chi connectivity index (χ1n) is 6.96. The maximum Gasteiger partial charge on any atom is 0.289 e. The molecule has 0 spiro atoms. The highest BCUT2D eigenvalue weighted by Gasteiger charge is 2.18. The number of rotatable bonds is 6. The third kappa shape index (κ3) is 4.36. The fraction of sp³-hybridized carbons (Fsp3) is 0.188. The zero-order chi connectivity index (χ0) is 17.7. The van der Waals surface area contributed by atoms with Crippen LogP contribution in [0.5, 0.6) is 11.5 Å². The molecule has 0 aliphatic carbocycles. The fourth-order valence-corrected chi connectivity index (χ4v) is 2.09. The second-order valence-corrected chi connectivity index (χ2v) is 5.26. The van der Waals surface area contributed by atoms with E-state index in [-0.39, 0.29) is 16.4 Å². The molecule has 0 bridgehead atoms. The van der Waals surface area contributed by atoms with Gasteiger partial charge in [-0.25, -0.2) is 0 Å². The van der Waals surface area contributed by atoms with E-state index in [4.69, 9.17) is 21.1 Å². The van der Waals surface area contributed by atoms with Crippen molar-refractivity contribution in [2.45, 2.75) is 13.0 Å². The van der Waals surface area contributed by atoms with Crippen LogP contribution in [0.15, 0.2) is 42.5 Å². The Hall–Kier alpha value is -2.80. The number of ether oxygens (including phenoxy) is 2. The van der Waals surface area contributed by atoms with Crippen LogP contribution in [0.3, 0.4) is 0 Å². The van der Waals surface area contributed by atoms with Crippen LogP contribution in [0.4, 0.5) is 11.4 Å². The monoisotopic (exact) mass is 350 g/mol. The number of benzene rings is 2. The SMILES string of the molecule is COc1cccc(OC(C)C(=O)Nc2ccc(Cl)c([N+](=O)[O-])c2)c1. The summed E-state index contributed by atoms with van der Waals surface area (Å²) < 4.78 is 10.6. The van der Waals surface area contributed by atoms with Gasteiger partial charge in [-0.1, -0.05) is 17.7 Å². The number of methoxy groups -OCH3 is 1. The summed E-state index contributed by atoms with van der Waals surface area (Å²) in [7, 11) is 1.53. The minimum absolute atomic E-state index is 0.00122. The Kier molecular flexibility index (Phi) is 5.59. The molecule has 0 radical (unpaired) electrons. The second-order valence-electron chi connectivity index (χ2n) is 4.85. The summed E-state index contributed by atoms with van der Waals surface area (Å²) in [5, 5.41) is 13.4. The summed E-state index contributed by atoms with van der Waals surface area (Å²) in [5.74, 6) is 0.627. The van der Waals surface area contributed by atoms with Gasteiger partial charge in [-0.05, 0) is 31.2 Å². The minimum Gasteiger partial charge on any atom is -0.497 e. The molecule has 0 saturated heterocycles. The molecule has 0 fully saturated rings. The highest BCUT2D eigenvalue weighted by Crippen LogP contribution is 2.27. The van der Waals surface area contributed by atoms with E-state index >= 15 is 0 Å². The van der Waals surface area contributed by atoms with Crippen molar-refractivity contribution in [2.75, 3.05) is 12.4 Å². The maximum absolute atomic E-state index is 12.2. The topological polar surface area (TPSA) is 90.7 Å². The molecule has 0 aliphatic rings. The molecule has 24 heavy (non-hydrogen) atoms. The highest BCUT2D eigenvalue weighted by molar-refractivity contribution is 6.32. The number of hydrogen-bond donors (Lipinski definition) is 1. The Balaban J connectivity index is 2.06. The third-order valence-electron chi connectivity index (χ3n) is 3.13. The predicted molar refractivity (Wildman–Crippen MR) is 89.8 cm³/mol. The molecule has 2 rings (SSSR count). The van der Waals surface area contributed by atoms with E-state index in [0.717, 1.165) is 0 Å². The van der Waals surface area contributed by atoms with Gasteiger partial charge in [-0.3, -0.25) is 14.9 Å². The highest BCUT2D eigenvalue weighted by atomic mass is 35.5. The molecule has 1 atom stereocenters. The second kappa shape index (κ2) is 7.65. The average Bonchev–Trinajstić information content (AvgIpc) is 2.56. The molecular formula is C16H15ClN2O5. The van der Waals surface area contributed by atoms with E-state index in [1.54, 1.807) is 31.2 Å². The molecule has 0 heterocycles. The smallest absolute Gasteiger partial charge is 0.289 e. The first-order chi connectivity index (χ1) is 11.4. The summed E-state index contributed by atoms with van der Waals surface area (Å²) in [6.07, 6.45) is -0.813. The zero-order valence-corrected chi connectivity index (χ0v) is 13.7. The van der Waals surface area contributed by atoms with Crippen LogP contribution in [0.1, 0.15) is 6.92 Å². The molecule has 1 N–H and O–H groups in total. The number of anilines is 1. The van der Waals surface area contributed by atoms with Crippen LogP contribution >= 0.6 is 11.6 Å². The molecule has 2 aromatic carbocycles. The van der Waals surface area contributed by atoms with Crippen LogP contribution in [0.2, 0.25) is 5.02 Å². The van der Waals surface area contributed by atoms with Crippen LogP contribution in [0, 0.1) is 10.1 Å². The Morgan fingerprint density at radius 2 is 1.96 bits per heavy atom. The maximum atomic E-state index is 12.2. The molecule has 8 heteroatoms. The van der Waals surface area contributed by atoms with E-state index in [1.807, 2.05) is 0 Å². The number of halogens is 1. The molecule has 0 aromatic heterocycles. The van der Waals surface area contributed by atoms with Gasteiger partial charge in [-0.15, -0.1) is 0 Å². The van der Waals surface area contributed by atoms with Gasteiger partial charge in [0.1, 0.15) is 16.5 Å². The van der Waals surface area contributed by atoms with Crippen LogP contribution in [-0.2, 0) is 4.79 Å². The minimum atomic E-state index is -0.813. The van der Waals surface area contributed by atoms with Crippen molar-refractivity contribution >= 4 is 28.9 Å². The molecule has 126 valence electrons. The number of nitro benzene ring substituents is 1. The summed E-state index contributed by atoms with van der Waals surface area (Å²) in [5.41, 5.74) is -0.0203. The lowest BCUT2D eigenvalue weighted by Crippen LogP contribution is -2.30. The van der Waals surface area contributed by atoms with Gasteiger partial charge < -0.3 is 14.8 Å². The van der Waals surface area contributed by atoms with Crippen molar-refractivity contribution < 1.29 is 19.2 Å². The fourth-order valence-electron chi connectivity index (χ4n) is 1.91. The lowest BCUT2D eigenvalue weighted by Gasteiger charge is -2.15. The largest absolute Gasteiger partial charge is 0.497 e. The van der Waals surface area contributed by atoms with Crippen molar-refractivity contribution in [2.24, 2.45) is 0 Å². The Morgan fingerprint density at radius 3 is 2.62 bits per heavy atom. The normalized spacial score (nSPS) is 11.5. The molecule has 1 unspecified atom stereocenters. The summed E-state index contributed by atoms with van der Waals surface area (Å²) >= 11 is 5.74. The van der Waals surface area contributed by atoms with Gasteiger partial charge in [0.2, 0.25) is 0 Å². The average molecular weight is 351 g/mol. The third-order valence-corrected chi connectivity index (χ3v) is 3.45.